The zero-order chi connectivity index (χ0) is 27.0. The van der Waals surface area contributed by atoms with Gasteiger partial charge in [0.15, 0.2) is 0 Å². The molecule has 37 heavy (non-hydrogen) atoms. The monoisotopic (exact) mass is 520 g/mol. The van der Waals surface area contributed by atoms with Crippen LogP contribution in [-0.4, -0.2) is 49.4 Å². The topological polar surface area (TPSA) is 99.1 Å². The molecule has 0 spiro atoms. The summed E-state index contributed by atoms with van der Waals surface area (Å²) in [7, 11) is 1.37. The molecule has 7 nitrogen and oxygen atoms in total. The fourth-order valence-electron chi connectivity index (χ4n) is 9.78. The van der Waals surface area contributed by atoms with Crippen LogP contribution in [0, 0.1) is 52.3 Å². The molecule has 0 heterocycles. The normalized spacial score (nSPS) is 43.2. The van der Waals surface area contributed by atoms with E-state index in [4.69, 9.17) is 14.2 Å². The number of aliphatic hydroxyl groups is 1. The molecule has 0 radical (unpaired) electrons. The van der Waals surface area contributed by atoms with Crippen molar-refractivity contribution in [3.05, 3.63) is 0 Å². The molecular formula is C30H48O7. The first-order valence-corrected chi connectivity index (χ1v) is 14.5. The van der Waals surface area contributed by atoms with Crippen LogP contribution < -0.4 is 0 Å². The molecule has 12 atom stereocenters. The van der Waals surface area contributed by atoms with E-state index in [2.05, 4.69) is 20.8 Å². The number of fused-ring (bicyclic) bond motifs is 5. The van der Waals surface area contributed by atoms with Gasteiger partial charge in [-0.3, -0.25) is 14.4 Å². The van der Waals surface area contributed by atoms with Crippen molar-refractivity contribution in [2.24, 2.45) is 52.3 Å². The second-order valence-corrected chi connectivity index (χ2v) is 13.3. The third kappa shape index (κ3) is 5.06. The molecule has 0 bridgehead atoms. The highest BCUT2D eigenvalue weighted by Gasteiger charge is 2.63. The predicted molar refractivity (Wildman–Crippen MR) is 138 cm³/mol. The summed E-state index contributed by atoms with van der Waals surface area (Å²) in [6, 6.07) is 0. The third-order valence-electron chi connectivity index (χ3n) is 11.9. The maximum atomic E-state index is 11.8. The Hall–Kier alpha value is -1.63. The van der Waals surface area contributed by atoms with Crippen molar-refractivity contribution in [2.75, 3.05) is 7.11 Å². The van der Waals surface area contributed by atoms with E-state index >= 15 is 0 Å². The predicted octanol–water partition coefficient (Wildman–Crippen LogP) is 4.92. The Morgan fingerprint density at radius 1 is 0.946 bits per heavy atom. The molecule has 2 unspecified atom stereocenters. The van der Waals surface area contributed by atoms with E-state index in [-0.39, 0.29) is 29.0 Å². The van der Waals surface area contributed by atoms with Crippen molar-refractivity contribution in [3.63, 3.8) is 0 Å². The van der Waals surface area contributed by atoms with Crippen LogP contribution in [0.25, 0.3) is 0 Å². The van der Waals surface area contributed by atoms with Crippen molar-refractivity contribution in [2.45, 2.75) is 110 Å². The van der Waals surface area contributed by atoms with E-state index in [0.717, 1.165) is 51.4 Å². The van der Waals surface area contributed by atoms with E-state index in [1.165, 1.54) is 13.5 Å². The van der Waals surface area contributed by atoms with Gasteiger partial charge in [0, 0.05) is 5.92 Å². The van der Waals surface area contributed by atoms with Gasteiger partial charge in [-0.25, -0.2) is 0 Å². The Morgan fingerprint density at radius 2 is 1.62 bits per heavy atom. The SMILES string of the molecule is COC(=O)C(C)C(O)CC[C@@H](C)[C@H]1CC[C@H]2[C@@H]3[C@H](OC=O)C[C@@H]4C[C@H](OC=O)CC[C@]4(C)[C@H]3CC[C@]12C. The van der Waals surface area contributed by atoms with Gasteiger partial charge in [0.25, 0.3) is 12.9 Å². The lowest BCUT2D eigenvalue weighted by atomic mass is 9.43. The maximum Gasteiger partial charge on any atom is 0.311 e. The Bertz CT molecular complexity index is 831. The van der Waals surface area contributed by atoms with Gasteiger partial charge < -0.3 is 19.3 Å². The quantitative estimate of drug-likeness (QED) is 0.248. The average molecular weight is 521 g/mol. The molecule has 0 amide bonds. The number of hydrogen-bond acceptors (Lipinski definition) is 7. The Labute approximate surface area is 222 Å². The zero-order valence-corrected chi connectivity index (χ0v) is 23.4. The molecule has 4 fully saturated rings. The number of aliphatic hydroxyl groups excluding tert-OH is 1. The van der Waals surface area contributed by atoms with Crippen LogP contribution in [0.3, 0.4) is 0 Å². The van der Waals surface area contributed by atoms with Crippen LogP contribution in [0.4, 0.5) is 0 Å². The minimum absolute atomic E-state index is 0.0215. The summed E-state index contributed by atoms with van der Waals surface area (Å²) in [6.45, 7) is 10.2. The van der Waals surface area contributed by atoms with Crippen molar-refractivity contribution in [1.29, 1.82) is 0 Å². The molecule has 7 heteroatoms. The number of methoxy groups -OCH3 is 1. The molecule has 4 aliphatic rings. The van der Waals surface area contributed by atoms with Crippen LogP contribution in [-0.2, 0) is 28.6 Å². The molecular weight excluding hydrogens is 472 g/mol. The lowest BCUT2D eigenvalue weighted by Gasteiger charge is -2.62. The highest BCUT2D eigenvalue weighted by atomic mass is 16.5. The summed E-state index contributed by atoms with van der Waals surface area (Å²) in [4.78, 5) is 34.5. The van der Waals surface area contributed by atoms with Gasteiger partial charge in [-0.2, -0.15) is 0 Å². The number of esters is 1. The van der Waals surface area contributed by atoms with Crippen molar-refractivity contribution in [3.8, 4) is 0 Å². The molecule has 0 saturated heterocycles. The number of hydrogen-bond donors (Lipinski definition) is 1. The maximum absolute atomic E-state index is 11.8. The first kappa shape index (κ1) is 28.4. The van der Waals surface area contributed by atoms with Crippen LogP contribution in [0.15, 0.2) is 0 Å². The highest BCUT2D eigenvalue weighted by molar-refractivity contribution is 5.72. The molecule has 0 aromatic carbocycles. The van der Waals surface area contributed by atoms with Crippen LogP contribution >= 0.6 is 0 Å². The van der Waals surface area contributed by atoms with E-state index in [1.807, 2.05) is 0 Å². The van der Waals surface area contributed by atoms with Crippen molar-refractivity contribution < 1.29 is 33.7 Å². The van der Waals surface area contributed by atoms with Crippen molar-refractivity contribution in [1.82, 2.24) is 0 Å². The van der Waals surface area contributed by atoms with Crippen LogP contribution in [0.1, 0.15) is 91.9 Å². The molecule has 4 saturated carbocycles. The minimum atomic E-state index is -0.686. The Morgan fingerprint density at radius 3 is 2.30 bits per heavy atom. The lowest BCUT2D eigenvalue weighted by molar-refractivity contribution is -0.190. The first-order chi connectivity index (χ1) is 17.6. The molecule has 1 N–H and O–H groups in total. The molecule has 0 aromatic rings. The fraction of sp³-hybridized carbons (Fsp3) is 0.900. The fourth-order valence-corrected chi connectivity index (χ4v) is 9.78. The Balaban J connectivity index is 1.49. The third-order valence-corrected chi connectivity index (χ3v) is 11.9. The van der Waals surface area contributed by atoms with Crippen LogP contribution in [0.5, 0.6) is 0 Å². The number of ether oxygens (including phenoxy) is 3. The van der Waals surface area contributed by atoms with Gasteiger partial charge in [0.2, 0.25) is 0 Å². The smallest absolute Gasteiger partial charge is 0.311 e. The average Bonchev–Trinajstić information content (AvgIpc) is 3.24. The van der Waals surface area contributed by atoms with E-state index in [9.17, 15) is 19.5 Å². The molecule has 0 aliphatic heterocycles. The summed E-state index contributed by atoms with van der Waals surface area (Å²) in [6.07, 6.45) is 9.06. The van der Waals surface area contributed by atoms with E-state index in [0.29, 0.717) is 54.9 Å². The summed E-state index contributed by atoms with van der Waals surface area (Å²) in [5.41, 5.74) is 0.375. The van der Waals surface area contributed by atoms with Gasteiger partial charge >= 0.3 is 5.97 Å². The van der Waals surface area contributed by atoms with Gasteiger partial charge in [-0.05, 0) is 112 Å². The number of carbonyl (C=O) groups excluding carboxylic acids is 3. The largest absolute Gasteiger partial charge is 0.469 e. The van der Waals surface area contributed by atoms with E-state index in [1.54, 1.807) is 6.92 Å². The summed E-state index contributed by atoms with van der Waals surface area (Å²) < 4.78 is 16.0. The summed E-state index contributed by atoms with van der Waals surface area (Å²) in [5.74, 6) is 1.93. The molecule has 210 valence electrons. The summed E-state index contributed by atoms with van der Waals surface area (Å²) in [5, 5.41) is 10.6. The number of rotatable bonds is 10. The van der Waals surface area contributed by atoms with Gasteiger partial charge in [-0.15, -0.1) is 0 Å². The number of carbonyl (C=O) groups is 3. The molecule has 4 rings (SSSR count). The van der Waals surface area contributed by atoms with Gasteiger partial charge in [0.05, 0.1) is 19.1 Å². The first-order valence-electron chi connectivity index (χ1n) is 14.5. The standard InChI is InChI=1S/C30H48O7/c1-18(6-9-25(33)19(2)28(34)35-5)22-7-8-23-27-24(11-13-30(22,23)4)29(3)12-10-21(36-16-31)14-20(29)15-26(27)37-17-32/h16-27,33H,6-15H2,1-5H3/t18-,19?,20+,21-,22-,23+,24+,25?,26-,27+,29+,30-/m1/s1. The lowest BCUT2D eigenvalue weighted by Crippen LogP contribution is -2.59. The highest BCUT2D eigenvalue weighted by Crippen LogP contribution is 2.68. The van der Waals surface area contributed by atoms with Crippen LogP contribution in [0.2, 0.25) is 0 Å². The Kier molecular flexibility index (Phi) is 8.62. The summed E-state index contributed by atoms with van der Waals surface area (Å²) >= 11 is 0. The molecule has 4 aliphatic carbocycles. The van der Waals surface area contributed by atoms with E-state index < -0.39 is 12.0 Å². The second kappa shape index (κ2) is 11.2. The van der Waals surface area contributed by atoms with Gasteiger partial charge in [-0.1, -0.05) is 20.8 Å². The second-order valence-electron chi connectivity index (χ2n) is 13.3. The molecule has 0 aromatic heterocycles. The minimum Gasteiger partial charge on any atom is -0.469 e. The van der Waals surface area contributed by atoms with Gasteiger partial charge in [0.1, 0.15) is 12.2 Å². The van der Waals surface area contributed by atoms with Crippen molar-refractivity contribution >= 4 is 18.9 Å². The zero-order valence-electron chi connectivity index (χ0n) is 23.4.